The molecule has 0 spiro atoms. The van der Waals surface area contributed by atoms with Crippen LogP contribution in [0.3, 0.4) is 0 Å². The smallest absolute Gasteiger partial charge is 0.0594 e. The molecule has 2 rings (SSSR count). The number of benzene rings is 2. The molecule has 0 atom stereocenters. The Balaban J connectivity index is 0.00000125. The molecular formula is C74H143O2P3. The van der Waals surface area contributed by atoms with Gasteiger partial charge in [0.25, 0.3) is 0 Å². The van der Waals surface area contributed by atoms with E-state index in [0.29, 0.717) is 5.30 Å². The van der Waals surface area contributed by atoms with E-state index in [2.05, 4.69) is 55.4 Å². The molecule has 2 aromatic rings. The van der Waals surface area contributed by atoms with Gasteiger partial charge in [-0.1, -0.05) is 303 Å². The number of fused-ring (bicyclic) bond motifs is 1. The maximum atomic E-state index is 10.9. The molecule has 0 heterocycles. The molecule has 0 fully saturated rings. The van der Waals surface area contributed by atoms with Crippen LogP contribution in [-0.4, -0.2) is 49.3 Å². The Hall–Kier alpha value is -0.0900. The van der Waals surface area contributed by atoms with E-state index >= 15 is 0 Å². The quantitative estimate of drug-likeness (QED) is 0.0489. The van der Waals surface area contributed by atoms with E-state index in [0.717, 1.165) is 10.8 Å². The molecule has 466 valence electrons. The summed E-state index contributed by atoms with van der Waals surface area (Å²) in [6, 6.07) is 12.7. The fourth-order valence-electron chi connectivity index (χ4n) is 12.5. The molecule has 0 unspecified atom stereocenters. The van der Waals surface area contributed by atoms with Gasteiger partial charge in [-0.05, 0) is 119 Å². The molecule has 0 radical (unpaired) electrons. The van der Waals surface area contributed by atoms with Crippen LogP contribution in [0.1, 0.15) is 364 Å². The molecule has 0 aliphatic rings. The zero-order chi connectivity index (χ0) is 57.9. The third-order valence-corrected chi connectivity index (χ3v) is 28.8. The summed E-state index contributed by atoms with van der Waals surface area (Å²) < 4.78 is 0. The molecule has 0 N–H and O–H groups in total. The second-order valence-corrected chi connectivity index (χ2v) is 35.3. The normalized spacial score (nSPS) is 11.8. The predicted octanol–water partition coefficient (Wildman–Crippen LogP) is 25.4. The second kappa shape index (κ2) is 61.0. The maximum Gasteiger partial charge on any atom is 0.0594 e. The average molecular weight is 1160 g/mol. The maximum absolute atomic E-state index is 10.9. The minimum Gasteiger partial charge on any atom is -0.838 e. The van der Waals surface area contributed by atoms with E-state index in [9.17, 15) is 9.79 Å². The van der Waals surface area contributed by atoms with Crippen LogP contribution in [0.5, 0.6) is 0 Å². The van der Waals surface area contributed by atoms with Gasteiger partial charge in [-0.25, -0.2) is 0 Å². The van der Waals surface area contributed by atoms with Crippen molar-refractivity contribution in [2.45, 2.75) is 364 Å². The van der Waals surface area contributed by atoms with Gasteiger partial charge in [0.1, 0.15) is 0 Å². The molecule has 0 saturated heterocycles. The Bertz CT molecular complexity index is 1270. The Morgan fingerprint density at radius 2 is 0.430 bits per heavy atom. The van der Waals surface area contributed by atoms with E-state index in [1.54, 1.807) is 113 Å². The second-order valence-electron chi connectivity index (χ2n) is 25.4. The number of hydrogen-bond acceptors (Lipinski definition) is 2. The Morgan fingerprint density at radius 3 is 0.646 bits per heavy atom. The van der Waals surface area contributed by atoms with Crippen LogP contribution >= 0.6 is 22.9 Å². The minimum absolute atomic E-state index is 0.396. The summed E-state index contributed by atoms with van der Waals surface area (Å²) >= 11 is 0. The van der Waals surface area contributed by atoms with Crippen molar-refractivity contribution in [2.24, 2.45) is 0 Å². The van der Waals surface area contributed by atoms with Crippen molar-refractivity contribution in [1.29, 1.82) is 0 Å². The Morgan fingerprint density at radius 1 is 0.241 bits per heavy atom. The van der Waals surface area contributed by atoms with Crippen molar-refractivity contribution in [3.8, 4) is 0 Å². The SMILES string of the molecule is CCCCCCCC[P+](CCCCCCCC)(CCCCCCCC)CCCCCCCC.CCCCCCCC[P+](CCCCCCCC)(CCCCCCCC)CCCCCCCC.[O-]P([O-])c1cccc2ccccc12. The molecule has 0 saturated carbocycles. The fraction of sp³-hybridized carbons (Fsp3) is 0.865. The zero-order valence-electron chi connectivity index (χ0n) is 55.3. The van der Waals surface area contributed by atoms with Gasteiger partial charge in [-0.15, -0.1) is 0 Å². The van der Waals surface area contributed by atoms with Gasteiger partial charge >= 0.3 is 0 Å². The van der Waals surface area contributed by atoms with Crippen molar-refractivity contribution >= 4 is 39.0 Å². The van der Waals surface area contributed by atoms with E-state index in [4.69, 9.17) is 0 Å². The monoisotopic (exact) mass is 1160 g/mol. The molecule has 5 heteroatoms. The highest BCUT2D eigenvalue weighted by molar-refractivity contribution is 7.76. The summed E-state index contributed by atoms with van der Waals surface area (Å²) in [6.07, 6.45) is 84.3. The van der Waals surface area contributed by atoms with Crippen molar-refractivity contribution in [1.82, 2.24) is 0 Å². The topological polar surface area (TPSA) is 46.1 Å². The van der Waals surface area contributed by atoms with Gasteiger partial charge in [0, 0.05) is 14.5 Å². The van der Waals surface area contributed by atoms with Gasteiger partial charge in [-0.3, -0.25) is 8.38 Å². The first-order valence-electron chi connectivity index (χ1n) is 36.1. The summed E-state index contributed by atoms with van der Waals surface area (Å²) in [5.41, 5.74) is 0. The summed E-state index contributed by atoms with van der Waals surface area (Å²) in [7, 11) is -3.93. The van der Waals surface area contributed by atoms with Gasteiger partial charge in [0.2, 0.25) is 0 Å². The Kier molecular flexibility index (Phi) is 60.9. The number of hydrogen-bond donors (Lipinski definition) is 0. The van der Waals surface area contributed by atoms with Crippen LogP contribution < -0.4 is 15.1 Å². The lowest BCUT2D eigenvalue weighted by molar-refractivity contribution is -0.286. The zero-order valence-corrected chi connectivity index (χ0v) is 58.0. The predicted molar refractivity (Wildman–Crippen MR) is 370 cm³/mol. The molecule has 79 heavy (non-hydrogen) atoms. The molecule has 0 aromatic heterocycles. The van der Waals surface area contributed by atoms with E-state index in [1.165, 1.54) is 257 Å². The van der Waals surface area contributed by atoms with E-state index < -0.39 is 22.9 Å². The van der Waals surface area contributed by atoms with E-state index in [-0.39, 0.29) is 0 Å². The van der Waals surface area contributed by atoms with Gasteiger partial charge in [0.05, 0.1) is 49.3 Å². The van der Waals surface area contributed by atoms with Crippen molar-refractivity contribution in [3.63, 3.8) is 0 Å². The molecule has 0 bridgehead atoms. The molecule has 2 nitrogen and oxygen atoms in total. The lowest BCUT2D eigenvalue weighted by Crippen LogP contribution is -2.20. The highest BCUT2D eigenvalue weighted by atomic mass is 31.2. The molecule has 0 aliphatic heterocycles. The number of rotatable bonds is 57. The summed E-state index contributed by atoms with van der Waals surface area (Å²) in [5, 5.41) is 2.15. The van der Waals surface area contributed by atoms with Crippen molar-refractivity contribution in [2.75, 3.05) is 49.3 Å². The molecule has 0 aliphatic carbocycles. The highest BCUT2D eigenvalue weighted by Gasteiger charge is 2.36. The van der Waals surface area contributed by atoms with Gasteiger partial charge in [0.15, 0.2) is 0 Å². The van der Waals surface area contributed by atoms with Crippen molar-refractivity contribution < 1.29 is 9.79 Å². The lowest BCUT2D eigenvalue weighted by atomic mass is 10.1. The minimum atomic E-state index is -2.50. The van der Waals surface area contributed by atoms with Gasteiger partial charge < -0.3 is 9.79 Å². The third-order valence-electron chi connectivity index (χ3n) is 17.9. The van der Waals surface area contributed by atoms with Crippen LogP contribution in [0.4, 0.5) is 0 Å². The first-order valence-corrected chi connectivity index (χ1v) is 42.3. The molecule has 0 amide bonds. The first kappa shape index (κ1) is 78.9. The largest absolute Gasteiger partial charge is 0.838 e. The summed E-state index contributed by atoms with van der Waals surface area (Å²) in [5.74, 6) is 0. The van der Waals surface area contributed by atoms with Crippen molar-refractivity contribution in [3.05, 3.63) is 42.5 Å². The standard InChI is InChI=1S/2C32H68P.C10H7O2P/c2*1-5-9-13-17-21-25-29-33(30-26-22-18-14-10-6-2,31-27-23-19-15-11-7-3)32-28-24-20-16-12-8-4;11-13(12)10-7-3-5-8-4-1-2-6-9(8)10/h2*5-32H2,1-4H3;1-7H/q2*+1;-2. The van der Waals surface area contributed by atoms with Gasteiger partial charge in [-0.2, -0.15) is 0 Å². The van der Waals surface area contributed by atoms with Crippen LogP contribution in [0.2, 0.25) is 0 Å². The average Bonchev–Trinajstić information content (AvgIpc) is 3.46. The summed E-state index contributed by atoms with van der Waals surface area (Å²) in [4.78, 5) is 21.7. The molecular weight excluding hydrogens is 1010 g/mol. The van der Waals surface area contributed by atoms with Crippen LogP contribution in [0, 0.1) is 0 Å². The first-order chi connectivity index (χ1) is 38.8. The van der Waals surface area contributed by atoms with Crippen LogP contribution in [0.15, 0.2) is 42.5 Å². The Labute approximate surface area is 501 Å². The highest BCUT2D eigenvalue weighted by Crippen LogP contribution is 2.62. The molecule has 2 aromatic carbocycles. The third kappa shape index (κ3) is 47.8. The lowest BCUT2D eigenvalue weighted by Gasteiger charge is -2.32. The van der Waals surface area contributed by atoms with Crippen LogP contribution in [0.25, 0.3) is 10.8 Å². The van der Waals surface area contributed by atoms with E-state index in [1.807, 2.05) is 30.3 Å². The summed E-state index contributed by atoms with van der Waals surface area (Å²) in [6.45, 7) is 18.8. The fourth-order valence-corrected chi connectivity index (χ4v) is 23.0. The number of unbranched alkanes of at least 4 members (excludes halogenated alkanes) is 40. The van der Waals surface area contributed by atoms with Crippen LogP contribution in [-0.2, 0) is 0 Å².